The first kappa shape index (κ1) is 46.3. The summed E-state index contributed by atoms with van der Waals surface area (Å²) in [7, 11) is 3.25. The number of esters is 1. The molecule has 0 spiro atoms. The molecule has 1 aromatic carbocycles. The minimum Gasteiger partial charge on any atom is -0.464 e. The number of carbonyl (C=O) groups excluding carboxylic acids is 5. The number of likely N-dealkylation sites (N-methyl/N-ethyl adjacent to an activating group) is 1. The Morgan fingerprint density at radius 1 is 1.16 bits per heavy atom. The van der Waals surface area contributed by atoms with Crippen LogP contribution in [0.2, 0.25) is 0 Å². The zero-order valence-corrected chi connectivity index (χ0v) is 38.9. The van der Waals surface area contributed by atoms with Gasteiger partial charge in [-0.05, 0) is 74.9 Å². The number of amides is 5. The van der Waals surface area contributed by atoms with E-state index in [4.69, 9.17) is 19.4 Å². The van der Waals surface area contributed by atoms with Gasteiger partial charge in [-0.25, -0.2) is 15.2 Å². The molecule has 0 aliphatic carbocycles. The lowest BCUT2D eigenvalue weighted by atomic mass is 9.84. The third-order valence-electron chi connectivity index (χ3n) is 12.5. The molecule has 3 N–H and O–H groups in total. The van der Waals surface area contributed by atoms with Crippen molar-refractivity contribution in [3.8, 4) is 22.5 Å². The molecule has 17 heteroatoms. The second kappa shape index (κ2) is 19.2. The number of nitrogens with one attached hydrogen (secondary N) is 3. The van der Waals surface area contributed by atoms with Gasteiger partial charge < -0.3 is 34.5 Å². The van der Waals surface area contributed by atoms with E-state index in [0.717, 1.165) is 44.7 Å². The summed E-state index contributed by atoms with van der Waals surface area (Å²) in [5, 5.41) is 10.8. The number of aryl methyl sites for hydroxylation is 1. The van der Waals surface area contributed by atoms with Crippen molar-refractivity contribution in [3.63, 3.8) is 0 Å². The van der Waals surface area contributed by atoms with Gasteiger partial charge in [0.25, 0.3) is 5.91 Å². The van der Waals surface area contributed by atoms with Crippen molar-refractivity contribution >= 4 is 52.0 Å². The summed E-state index contributed by atoms with van der Waals surface area (Å²) in [4.78, 5) is 81.0. The van der Waals surface area contributed by atoms with Crippen LogP contribution in [0.15, 0.2) is 54.6 Å². The van der Waals surface area contributed by atoms with Gasteiger partial charge >= 0.3 is 12.0 Å². The van der Waals surface area contributed by atoms with E-state index in [0.29, 0.717) is 50.4 Å². The Morgan fingerprint density at radius 2 is 1.92 bits per heavy atom. The second-order valence-corrected chi connectivity index (χ2v) is 19.1. The first-order chi connectivity index (χ1) is 30.5. The van der Waals surface area contributed by atoms with Crippen LogP contribution in [0.5, 0.6) is 0 Å². The molecular formula is C47H61N9O7S. The predicted molar refractivity (Wildman–Crippen MR) is 245 cm³/mol. The summed E-state index contributed by atoms with van der Waals surface area (Å²) in [6.45, 7) is 17.2. The maximum Gasteiger partial charge on any atom is 0.324 e. The van der Waals surface area contributed by atoms with Crippen LogP contribution in [0.3, 0.4) is 0 Å². The fraction of sp³-hybridized carbons (Fsp3) is 0.511. The molecule has 6 heterocycles. The van der Waals surface area contributed by atoms with Crippen LogP contribution in [0.25, 0.3) is 33.4 Å². The van der Waals surface area contributed by atoms with Crippen LogP contribution < -0.4 is 16.1 Å². The number of nitrogens with zero attached hydrogens (tertiary/aromatic N) is 6. The van der Waals surface area contributed by atoms with Crippen LogP contribution in [-0.2, 0) is 48.0 Å². The molecule has 2 saturated heterocycles. The molecule has 16 nitrogen and oxygen atoms in total. The van der Waals surface area contributed by atoms with E-state index in [9.17, 15) is 24.0 Å². The average Bonchev–Trinajstić information content (AvgIpc) is 3.86. The topological polar surface area (TPSA) is 180 Å². The number of urea groups is 1. The number of hydrogen-bond acceptors (Lipinski definition) is 11. The van der Waals surface area contributed by atoms with Crippen LogP contribution in [0, 0.1) is 11.3 Å². The lowest BCUT2D eigenvalue weighted by molar-refractivity contribution is -0.155. The molecule has 1 unspecified atom stereocenters. The van der Waals surface area contributed by atoms with Gasteiger partial charge in [0, 0.05) is 85.8 Å². The number of thiazole rings is 1. The molecule has 2 fully saturated rings. The molecule has 4 atom stereocenters. The Kier molecular flexibility index (Phi) is 13.9. The summed E-state index contributed by atoms with van der Waals surface area (Å²) >= 11 is 1.40. The molecule has 7 rings (SSSR count). The molecule has 3 aliphatic heterocycles. The molecular weight excluding hydrogens is 835 g/mol. The molecule has 0 saturated carbocycles. The number of hydrazine groups is 1. The van der Waals surface area contributed by atoms with Crippen molar-refractivity contribution in [2.75, 3.05) is 40.4 Å². The van der Waals surface area contributed by atoms with E-state index in [1.165, 1.54) is 27.3 Å². The number of rotatable bonds is 10. The first-order valence-corrected chi connectivity index (χ1v) is 23.0. The molecule has 0 radical (unpaired) electrons. The third kappa shape index (κ3) is 9.56. The van der Waals surface area contributed by atoms with E-state index >= 15 is 0 Å². The minimum atomic E-state index is -1.09. The first-order valence-electron chi connectivity index (χ1n) is 22.1. The monoisotopic (exact) mass is 895 g/mol. The van der Waals surface area contributed by atoms with Gasteiger partial charge in [0.2, 0.25) is 11.8 Å². The standard InChI is InChI=1S/C47H61N9O7S/c1-10-38(57)49-30-23-54(24-30)46(61)53(8)41(27(3)4)43(58)51-35-21-39-50-36(25-64-39)29-16-17-37-32(20-29)33(42(55(37)11-2)31-14-12-18-48-40(31)28(5)62-9)22-47(6,7)26-63-45(60)34-15-13-19-56(52-34)44(35)59/h10,12,14,16-18,20,25,27-28,30,34-35,41,52H,1,11,13,15,19,21-24,26H2,2-9H3,(H,49,57)(H,51,58)/t28-,34-,35-,41?/m0/s1. The van der Waals surface area contributed by atoms with Gasteiger partial charge in [0.15, 0.2) is 0 Å². The van der Waals surface area contributed by atoms with Crippen molar-refractivity contribution in [1.82, 2.24) is 45.4 Å². The highest BCUT2D eigenvalue weighted by atomic mass is 32.1. The molecule has 342 valence electrons. The van der Waals surface area contributed by atoms with Crippen LogP contribution in [0.1, 0.15) is 76.8 Å². The number of benzene rings is 1. The summed E-state index contributed by atoms with van der Waals surface area (Å²) < 4.78 is 14.2. The Labute approximate surface area is 378 Å². The van der Waals surface area contributed by atoms with Crippen molar-refractivity contribution in [3.05, 3.63) is 70.8 Å². The van der Waals surface area contributed by atoms with Crippen LogP contribution in [0.4, 0.5) is 4.79 Å². The average molecular weight is 896 g/mol. The van der Waals surface area contributed by atoms with Gasteiger partial charge in [-0.1, -0.05) is 40.3 Å². The summed E-state index contributed by atoms with van der Waals surface area (Å²) in [6, 6.07) is 7.00. The van der Waals surface area contributed by atoms with E-state index < -0.39 is 41.3 Å². The Balaban J connectivity index is 1.25. The summed E-state index contributed by atoms with van der Waals surface area (Å²) in [6.07, 6.45) is 4.36. The molecule has 64 heavy (non-hydrogen) atoms. The normalized spacial score (nSPS) is 20.2. The highest BCUT2D eigenvalue weighted by Crippen LogP contribution is 2.42. The highest BCUT2D eigenvalue weighted by Gasteiger charge is 2.41. The molecule has 3 aliphatic rings. The number of carbonyl (C=O) groups is 5. The number of pyridine rings is 1. The number of hydrogen-bond donors (Lipinski definition) is 3. The van der Waals surface area contributed by atoms with E-state index in [-0.39, 0.29) is 43.0 Å². The largest absolute Gasteiger partial charge is 0.464 e. The fourth-order valence-corrected chi connectivity index (χ4v) is 9.93. The fourth-order valence-electron chi connectivity index (χ4n) is 9.08. The van der Waals surface area contributed by atoms with Crippen LogP contribution >= 0.6 is 11.3 Å². The quantitative estimate of drug-likeness (QED) is 0.140. The molecule has 6 bridgehead atoms. The van der Waals surface area contributed by atoms with Crippen molar-refractivity contribution < 1.29 is 33.4 Å². The zero-order valence-electron chi connectivity index (χ0n) is 38.1. The smallest absolute Gasteiger partial charge is 0.324 e. The Morgan fingerprint density at radius 3 is 2.62 bits per heavy atom. The third-order valence-corrected chi connectivity index (χ3v) is 13.3. The number of likely N-dealkylation sites (tertiary alicyclic amines) is 1. The number of fused-ring (bicyclic) bond motifs is 6. The number of ether oxygens (including phenoxy) is 2. The van der Waals surface area contributed by atoms with Crippen molar-refractivity contribution in [2.45, 2.75) is 104 Å². The second-order valence-electron chi connectivity index (χ2n) is 18.2. The van der Waals surface area contributed by atoms with Crippen LogP contribution in [-0.4, -0.2) is 124 Å². The SMILES string of the molecule is C=CC(=O)NC1CN(C(=O)N(C)C(C(=O)N[C@H]2Cc3nc(cs3)-c3ccc4c(c3)c(c(-c3cccnc3[C@H](C)OC)n4CC)CC(C)(C)COC(=O)[C@@H]3CCCN(N3)C2=O)C(C)C)C1. The lowest BCUT2D eigenvalue weighted by Crippen LogP contribution is -2.65. The number of methoxy groups -OCH3 is 1. The highest BCUT2D eigenvalue weighted by molar-refractivity contribution is 7.10. The summed E-state index contributed by atoms with van der Waals surface area (Å²) in [5.41, 5.74) is 9.23. The maximum absolute atomic E-state index is 14.6. The zero-order chi connectivity index (χ0) is 46.0. The molecule has 3 aromatic heterocycles. The van der Waals surface area contributed by atoms with E-state index in [2.05, 4.69) is 72.2 Å². The van der Waals surface area contributed by atoms with Crippen molar-refractivity contribution in [1.29, 1.82) is 0 Å². The van der Waals surface area contributed by atoms with Gasteiger partial charge in [0.1, 0.15) is 18.1 Å². The van der Waals surface area contributed by atoms with Gasteiger partial charge in [0.05, 0.1) is 40.8 Å². The Hall–Kier alpha value is -5.65. The van der Waals surface area contributed by atoms with Gasteiger partial charge in [-0.15, -0.1) is 11.3 Å². The minimum absolute atomic E-state index is 0.0708. The van der Waals surface area contributed by atoms with Gasteiger partial charge in [-0.3, -0.25) is 29.2 Å². The maximum atomic E-state index is 14.6. The molecule has 4 aromatic rings. The molecule has 5 amide bonds. The van der Waals surface area contributed by atoms with E-state index in [1.54, 1.807) is 25.3 Å². The number of aromatic nitrogens is 3. The number of cyclic esters (lactones) is 1. The van der Waals surface area contributed by atoms with Crippen molar-refractivity contribution in [2.24, 2.45) is 11.3 Å². The Bertz CT molecular complexity index is 2420. The van der Waals surface area contributed by atoms with Gasteiger partial charge in [-0.2, -0.15) is 0 Å². The lowest BCUT2D eigenvalue weighted by Gasteiger charge is -2.43. The summed E-state index contributed by atoms with van der Waals surface area (Å²) in [5.74, 6) is -2.03. The predicted octanol–water partition coefficient (Wildman–Crippen LogP) is 5.27. The van der Waals surface area contributed by atoms with E-state index in [1.807, 2.05) is 32.2 Å².